The Morgan fingerprint density at radius 2 is 2.17 bits per heavy atom. The SMILES string of the molecule is C=N/C=C(/c1cn(NCCc2c[nH]c3ccccc23)c(C(C)CC)cnccn1)N1C=CC=CC1. The maximum atomic E-state index is 4.72. The maximum absolute atomic E-state index is 4.72. The Kier molecular flexibility index (Phi) is 8.12. The van der Waals surface area contributed by atoms with Gasteiger partial charge in [0.2, 0.25) is 0 Å². The molecule has 0 fully saturated rings. The number of hydrogen-bond acceptors (Lipinski definition) is 5. The van der Waals surface area contributed by atoms with Gasteiger partial charge in [-0.25, -0.2) is 0 Å². The Morgan fingerprint density at radius 1 is 1.29 bits per heavy atom. The highest BCUT2D eigenvalue weighted by Crippen LogP contribution is 2.22. The summed E-state index contributed by atoms with van der Waals surface area (Å²) in [7, 11) is 0. The van der Waals surface area contributed by atoms with E-state index in [2.05, 4.69) is 87.1 Å². The highest BCUT2D eigenvalue weighted by molar-refractivity contribution is 5.83. The van der Waals surface area contributed by atoms with Crippen LogP contribution < -0.4 is 5.43 Å². The number of rotatable bonds is 9. The van der Waals surface area contributed by atoms with Crippen LogP contribution in [0, 0.1) is 0 Å². The van der Waals surface area contributed by atoms with Crippen molar-refractivity contribution in [2.45, 2.75) is 32.6 Å². The van der Waals surface area contributed by atoms with E-state index in [0.717, 1.165) is 48.5 Å². The molecule has 1 aliphatic heterocycles. The largest absolute Gasteiger partial charge is 0.361 e. The molecule has 3 heterocycles. The highest BCUT2D eigenvalue weighted by atomic mass is 15.4. The molecule has 2 N–H and O–H groups in total. The van der Waals surface area contributed by atoms with Crippen LogP contribution in [0.5, 0.6) is 0 Å². The molecule has 0 amide bonds. The molecule has 0 saturated carbocycles. The predicted molar refractivity (Wildman–Crippen MR) is 145 cm³/mol. The van der Waals surface area contributed by atoms with Crippen LogP contribution in [0.25, 0.3) is 16.6 Å². The number of aromatic nitrogens is 4. The predicted octanol–water partition coefficient (Wildman–Crippen LogP) is 5.57. The van der Waals surface area contributed by atoms with Gasteiger partial charge < -0.3 is 15.3 Å². The lowest BCUT2D eigenvalue weighted by atomic mass is 10.1. The van der Waals surface area contributed by atoms with Gasteiger partial charge in [0.25, 0.3) is 0 Å². The van der Waals surface area contributed by atoms with Crippen LogP contribution in [0.3, 0.4) is 0 Å². The standard InChI is InChI=1S/C28H33N7/c1-4-22(2)27-20-30-14-15-31-26(28(19-29-3)34-16-8-5-9-17-34)21-35(27)33-13-12-23-18-32-25-11-7-6-10-24(23)25/h5-11,14-16,18-22,32-33H,3-4,12-13,17H2,1-2H3/b26-21?,27-20?,28-19-,30-14?,31-15?. The Balaban J connectivity index is 1.71. The van der Waals surface area contributed by atoms with Gasteiger partial charge in [-0.1, -0.05) is 44.2 Å². The van der Waals surface area contributed by atoms with Crippen molar-refractivity contribution in [2.24, 2.45) is 4.99 Å². The number of fused-ring (bicyclic) bond motifs is 1. The molecule has 7 heteroatoms. The van der Waals surface area contributed by atoms with Crippen molar-refractivity contribution in [3.8, 4) is 0 Å². The summed E-state index contributed by atoms with van der Waals surface area (Å²) in [6.07, 6.45) is 21.2. The fourth-order valence-electron chi connectivity index (χ4n) is 4.08. The zero-order valence-corrected chi connectivity index (χ0v) is 20.4. The van der Waals surface area contributed by atoms with Crippen molar-refractivity contribution in [1.29, 1.82) is 0 Å². The van der Waals surface area contributed by atoms with Crippen molar-refractivity contribution in [1.82, 2.24) is 24.5 Å². The fourth-order valence-corrected chi connectivity index (χ4v) is 4.08. The summed E-state index contributed by atoms with van der Waals surface area (Å²) in [5.74, 6) is 0.297. The zero-order chi connectivity index (χ0) is 24.5. The monoisotopic (exact) mass is 467 g/mol. The highest BCUT2D eigenvalue weighted by Gasteiger charge is 2.13. The lowest BCUT2D eigenvalue weighted by molar-refractivity contribution is 0.581. The van der Waals surface area contributed by atoms with Crippen LogP contribution in [-0.4, -0.2) is 44.3 Å². The van der Waals surface area contributed by atoms with Crippen LogP contribution in [-0.2, 0) is 6.42 Å². The minimum absolute atomic E-state index is 0.297. The third-order valence-electron chi connectivity index (χ3n) is 6.17. The number of para-hydroxylation sites is 1. The summed E-state index contributed by atoms with van der Waals surface area (Å²) in [5, 5.41) is 1.26. The van der Waals surface area contributed by atoms with E-state index in [-0.39, 0.29) is 0 Å². The van der Waals surface area contributed by atoms with E-state index in [1.165, 1.54) is 10.9 Å². The summed E-state index contributed by atoms with van der Waals surface area (Å²) in [4.78, 5) is 18.7. The molecule has 1 unspecified atom stereocenters. The molecule has 0 saturated heterocycles. The number of aliphatic imine (C=N–C) groups is 1. The van der Waals surface area contributed by atoms with Crippen molar-refractivity contribution < 1.29 is 0 Å². The molecule has 0 spiro atoms. The first-order chi connectivity index (χ1) is 17.2. The van der Waals surface area contributed by atoms with Gasteiger partial charge in [-0.2, -0.15) is 0 Å². The molecule has 1 atom stereocenters. The molecule has 0 aliphatic carbocycles. The smallest absolute Gasteiger partial charge is 0.106 e. The van der Waals surface area contributed by atoms with E-state index >= 15 is 0 Å². The van der Waals surface area contributed by atoms with Crippen LogP contribution in [0.2, 0.25) is 0 Å². The average Bonchev–Trinajstić information content (AvgIpc) is 3.34. The summed E-state index contributed by atoms with van der Waals surface area (Å²) < 4.78 is 2.07. The third kappa shape index (κ3) is 5.87. The van der Waals surface area contributed by atoms with E-state index in [1.54, 1.807) is 18.6 Å². The molecule has 4 rings (SSSR count). The molecule has 2 aromatic heterocycles. The average molecular weight is 468 g/mol. The Labute approximate surface area is 206 Å². The molecule has 1 aliphatic rings. The second kappa shape index (κ2) is 11.8. The molecule has 1 aromatic carbocycles. The number of benzene rings is 1. The van der Waals surface area contributed by atoms with Gasteiger partial charge in [0.05, 0.1) is 23.8 Å². The van der Waals surface area contributed by atoms with Crippen LogP contribution in [0.15, 0.2) is 90.9 Å². The van der Waals surface area contributed by atoms with Gasteiger partial charge in [0.15, 0.2) is 0 Å². The van der Waals surface area contributed by atoms with Gasteiger partial charge in [0, 0.05) is 55.0 Å². The van der Waals surface area contributed by atoms with Crippen molar-refractivity contribution in [3.63, 3.8) is 0 Å². The van der Waals surface area contributed by atoms with Crippen molar-refractivity contribution in [2.75, 3.05) is 18.5 Å². The molecular formula is C28H33N7. The van der Waals surface area contributed by atoms with E-state index in [4.69, 9.17) is 4.98 Å². The maximum Gasteiger partial charge on any atom is 0.106 e. The number of allylic oxidation sites excluding steroid dienone is 2. The summed E-state index contributed by atoms with van der Waals surface area (Å²) >= 11 is 0. The van der Waals surface area contributed by atoms with E-state index in [9.17, 15) is 0 Å². The van der Waals surface area contributed by atoms with Crippen molar-refractivity contribution in [3.05, 3.63) is 103 Å². The van der Waals surface area contributed by atoms with Crippen LogP contribution in [0.4, 0.5) is 0 Å². The zero-order valence-electron chi connectivity index (χ0n) is 20.4. The van der Waals surface area contributed by atoms with Gasteiger partial charge >= 0.3 is 0 Å². The summed E-state index contributed by atoms with van der Waals surface area (Å²) in [6, 6.07) is 8.40. The molecule has 3 aromatic rings. The van der Waals surface area contributed by atoms with Crippen molar-refractivity contribution >= 4 is 23.3 Å². The van der Waals surface area contributed by atoms with E-state index in [1.807, 2.05) is 30.7 Å². The first-order valence-corrected chi connectivity index (χ1v) is 12.0. The summed E-state index contributed by atoms with van der Waals surface area (Å²) in [5.41, 5.74) is 8.76. The van der Waals surface area contributed by atoms with Crippen LogP contribution in [0.1, 0.15) is 43.1 Å². The topological polar surface area (TPSA) is 74.1 Å². The van der Waals surface area contributed by atoms with E-state index in [0.29, 0.717) is 5.92 Å². The third-order valence-corrected chi connectivity index (χ3v) is 6.17. The minimum Gasteiger partial charge on any atom is -0.361 e. The quantitative estimate of drug-likeness (QED) is 0.404. The normalized spacial score (nSPS) is 14.1. The molecule has 0 radical (unpaired) electrons. The molecular weight excluding hydrogens is 434 g/mol. The Morgan fingerprint density at radius 3 is 2.97 bits per heavy atom. The number of H-pyrrole nitrogens is 1. The number of hydrogen-bond donors (Lipinski definition) is 2. The van der Waals surface area contributed by atoms with Gasteiger partial charge in [-0.15, -0.1) is 0 Å². The molecule has 35 heavy (non-hydrogen) atoms. The first kappa shape index (κ1) is 24.0. The van der Waals surface area contributed by atoms with Gasteiger partial charge in [0.1, 0.15) is 5.69 Å². The summed E-state index contributed by atoms with van der Waals surface area (Å²) in [6.45, 7) is 9.57. The minimum atomic E-state index is 0.297. The fraction of sp³-hybridized carbons (Fsp3) is 0.250. The second-order valence-electron chi connectivity index (χ2n) is 8.46. The second-order valence-corrected chi connectivity index (χ2v) is 8.46. The van der Waals surface area contributed by atoms with E-state index < -0.39 is 0 Å². The number of aromatic amines is 1. The lowest BCUT2D eigenvalue weighted by Crippen LogP contribution is -2.23. The molecule has 7 nitrogen and oxygen atoms in total. The number of nitrogens with one attached hydrogen (secondary N) is 2. The first-order valence-electron chi connectivity index (χ1n) is 12.0. The molecule has 180 valence electrons. The lowest BCUT2D eigenvalue weighted by Gasteiger charge is -2.24. The Bertz CT molecular complexity index is 1290. The van der Waals surface area contributed by atoms with Gasteiger partial charge in [-0.05, 0) is 43.2 Å². The Hall–Kier alpha value is -4.13. The van der Waals surface area contributed by atoms with Crippen LogP contribution >= 0.6 is 0 Å². The number of nitrogens with zero attached hydrogens (tertiary/aromatic N) is 5. The molecule has 0 bridgehead atoms. The van der Waals surface area contributed by atoms with Gasteiger partial charge in [-0.3, -0.25) is 19.6 Å².